The van der Waals surface area contributed by atoms with Crippen LogP contribution in [-0.4, -0.2) is 27.8 Å². The molecule has 3 rings (SSSR count). The van der Waals surface area contributed by atoms with Gasteiger partial charge in [0, 0.05) is 18.3 Å². The lowest BCUT2D eigenvalue weighted by molar-refractivity contribution is 0.0906. The zero-order valence-electron chi connectivity index (χ0n) is 11.4. The van der Waals surface area contributed by atoms with Gasteiger partial charge in [0.1, 0.15) is 0 Å². The number of para-hydroxylation sites is 1. The van der Waals surface area contributed by atoms with Crippen molar-refractivity contribution in [3.63, 3.8) is 0 Å². The zero-order valence-corrected chi connectivity index (χ0v) is 11.4. The van der Waals surface area contributed by atoms with Crippen LogP contribution in [0.3, 0.4) is 0 Å². The van der Waals surface area contributed by atoms with Crippen LogP contribution in [0, 0.1) is 11.5 Å². The van der Waals surface area contributed by atoms with Crippen LogP contribution in [0.2, 0.25) is 0 Å². The van der Waals surface area contributed by atoms with E-state index >= 15 is 0 Å². The molecule has 0 unspecified atom stereocenters. The standard InChI is InChI=1S/C15H15N5O/c16-10-17-12-6-13(7-12)19-15(21)11-8-18-20(9-11)14-4-2-1-3-5-14/h1-5,8-9,12-13,17H,6-7H2,(H,19,21). The smallest absolute Gasteiger partial charge is 0.254 e. The van der Waals surface area contributed by atoms with E-state index in [0.29, 0.717) is 5.56 Å². The average molecular weight is 281 g/mol. The molecule has 1 aromatic heterocycles. The van der Waals surface area contributed by atoms with Crippen LogP contribution in [-0.2, 0) is 0 Å². The molecular formula is C15H15N5O. The van der Waals surface area contributed by atoms with Crippen LogP contribution in [0.1, 0.15) is 23.2 Å². The molecule has 0 bridgehead atoms. The normalized spacial score (nSPS) is 20.1. The third-order valence-corrected chi connectivity index (χ3v) is 3.61. The number of nitrogens with one attached hydrogen (secondary N) is 2. The summed E-state index contributed by atoms with van der Waals surface area (Å²) in [6, 6.07) is 9.96. The highest BCUT2D eigenvalue weighted by atomic mass is 16.1. The molecule has 1 aromatic carbocycles. The molecule has 2 aromatic rings. The van der Waals surface area contributed by atoms with Gasteiger partial charge in [0.2, 0.25) is 0 Å². The van der Waals surface area contributed by atoms with Crippen molar-refractivity contribution in [1.82, 2.24) is 20.4 Å². The Bertz CT molecular complexity index is 667. The first-order valence-electron chi connectivity index (χ1n) is 6.82. The fraction of sp³-hybridized carbons (Fsp3) is 0.267. The number of amides is 1. The summed E-state index contributed by atoms with van der Waals surface area (Å²) in [4.78, 5) is 12.1. The second-order valence-corrected chi connectivity index (χ2v) is 5.10. The van der Waals surface area contributed by atoms with Crippen molar-refractivity contribution in [3.8, 4) is 11.9 Å². The van der Waals surface area contributed by atoms with E-state index in [1.165, 1.54) is 0 Å². The first kappa shape index (κ1) is 13.2. The molecule has 1 heterocycles. The van der Waals surface area contributed by atoms with Crippen molar-refractivity contribution in [2.24, 2.45) is 0 Å². The predicted molar refractivity (Wildman–Crippen MR) is 76.6 cm³/mol. The van der Waals surface area contributed by atoms with Crippen LogP contribution < -0.4 is 10.6 Å². The van der Waals surface area contributed by atoms with Gasteiger partial charge in [-0.2, -0.15) is 10.4 Å². The quantitative estimate of drug-likeness (QED) is 0.651. The molecule has 106 valence electrons. The molecule has 21 heavy (non-hydrogen) atoms. The summed E-state index contributed by atoms with van der Waals surface area (Å²) in [5, 5.41) is 18.3. The summed E-state index contributed by atoms with van der Waals surface area (Å²) < 4.78 is 1.68. The molecule has 1 amide bonds. The minimum atomic E-state index is -0.127. The highest BCUT2D eigenvalue weighted by Crippen LogP contribution is 2.20. The maximum absolute atomic E-state index is 12.1. The Kier molecular flexibility index (Phi) is 3.56. The number of nitriles is 1. The number of aromatic nitrogens is 2. The lowest BCUT2D eigenvalue weighted by Crippen LogP contribution is -2.51. The Morgan fingerprint density at radius 1 is 1.29 bits per heavy atom. The Hall–Kier alpha value is -2.81. The summed E-state index contributed by atoms with van der Waals surface area (Å²) in [7, 11) is 0. The Morgan fingerprint density at radius 3 is 2.76 bits per heavy atom. The molecule has 0 radical (unpaired) electrons. The first-order chi connectivity index (χ1) is 10.3. The zero-order chi connectivity index (χ0) is 14.7. The van der Waals surface area contributed by atoms with Gasteiger partial charge in [-0.15, -0.1) is 0 Å². The number of hydrogen-bond donors (Lipinski definition) is 2. The summed E-state index contributed by atoms with van der Waals surface area (Å²) in [5.41, 5.74) is 1.45. The number of carbonyl (C=O) groups excluding carboxylic acids is 1. The molecule has 1 aliphatic carbocycles. The first-order valence-corrected chi connectivity index (χ1v) is 6.82. The maximum Gasteiger partial charge on any atom is 0.254 e. The number of benzene rings is 1. The fourth-order valence-corrected chi connectivity index (χ4v) is 2.38. The van der Waals surface area contributed by atoms with Crippen molar-refractivity contribution >= 4 is 5.91 Å². The van der Waals surface area contributed by atoms with Gasteiger partial charge in [-0.3, -0.25) is 4.79 Å². The summed E-state index contributed by atoms with van der Waals surface area (Å²) >= 11 is 0. The number of rotatable bonds is 4. The van der Waals surface area contributed by atoms with E-state index in [9.17, 15) is 4.79 Å². The molecule has 0 spiro atoms. The second-order valence-electron chi connectivity index (χ2n) is 5.10. The van der Waals surface area contributed by atoms with Crippen molar-refractivity contribution in [2.75, 3.05) is 0 Å². The van der Waals surface area contributed by atoms with Crippen LogP contribution in [0.15, 0.2) is 42.7 Å². The van der Waals surface area contributed by atoms with E-state index in [-0.39, 0.29) is 18.0 Å². The van der Waals surface area contributed by atoms with Gasteiger partial charge in [0.25, 0.3) is 5.91 Å². The van der Waals surface area contributed by atoms with Crippen molar-refractivity contribution < 1.29 is 4.79 Å². The number of hydrogen-bond acceptors (Lipinski definition) is 4. The van der Waals surface area contributed by atoms with Gasteiger partial charge in [0.15, 0.2) is 6.19 Å². The lowest BCUT2D eigenvalue weighted by atomic mass is 9.87. The number of carbonyl (C=O) groups is 1. The molecule has 2 N–H and O–H groups in total. The third kappa shape index (κ3) is 2.87. The van der Waals surface area contributed by atoms with Crippen molar-refractivity contribution in [2.45, 2.75) is 24.9 Å². The van der Waals surface area contributed by atoms with E-state index in [1.54, 1.807) is 17.1 Å². The third-order valence-electron chi connectivity index (χ3n) is 3.61. The monoisotopic (exact) mass is 281 g/mol. The maximum atomic E-state index is 12.1. The van der Waals surface area contributed by atoms with Gasteiger partial charge in [-0.25, -0.2) is 4.68 Å². The Morgan fingerprint density at radius 2 is 2.05 bits per heavy atom. The van der Waals surface area contributed by atoms with Gasteiger partial charge in [-0.1, -0.05) is 18.2 Å². The largest absolute Gasteiger partial charge is 0.349 e. The average Bonchev–Trinajstić information content (AvgIpc) is 2.96. The van der Waals surface area contributed by atoms with Gasteiger partial charge in [-0.05, 0) is 25.0 Å². The molecule has 0 atom stereocenters. The van der Waals surface area contributed by atoms with Crippen LogP contribution in [0.5, 0.6) is 0 Å². The molecule has 0 saturated heterocycles. The van der Waals surface area contributed by atoms with E-state index in [2.05, 4.69) is 15.7 Å². The predicted octanol–water partition coefficient (Wildman–Crippen LogP) is 1.20. The summed E-state index contributed by atoms with van der Waals surface area (Å²) in [6.07, 6.45) is 6.77. The van der Waals surface area contributed by atoms with Crippen LogP contribution >= 0.6 is 0 Å². The highest BCUT2D eigenvalue weighted by Gasteiger charge is 2.30. The molecule has 6 nitrogen and oxygen atoms in total. The van der Waals surface area contributed by atoms with Gasteiger partial charge in [0.05, 0.1) is 17.4 Å². The summed E-state index contributed by atoms with van der Waals surface area (Å²) in [5.74, 6) is -0.127. The van der Waals surface area contributed by atoms with Crippen molar-refractivity contribution in [1.29, 1.82) is 5.26 Å². The molecule has 6 heteroatoms. The highest BCUT2D eigenvalue weighted by molar-refractivity contribution is 5.94. The Balaban J connectivity index is 1.60. The van der Waals surface area contributed by atoms with Gasteiger partial charge < -0.3 is 10.6 Å². The molecule has 1 saturated carbocycles. The Labute approximate surface area is 122 Å². The van der Waals surface area contributed by atoms with Gasteiger partial charge >= 0.3 is 0 Å². The van der Waals surface area contributed by atoms with Crippen LogP contribution in [0.4, 0.5) is 0 Å². The van der Waals surface area contributed by atoms with E-state index in [1.807, 2.05) is 36.5 Å². The van der Waals surface area contributed by atoms with Crippen LogP contribution in [0.25, 0.3) is 5.69 Å². The minimum Gasteiger partial charge on any atom is -0.349 e. The minimum absolute atomic E-state index is 0.127. The summed E-state index contributed by atoms with van der Waals surface area (Å²) in [6.45, 7) is 0. The molecule has 1 aliphatic rings. The lowest BCUT2D eigenvalue weighted by Gasteiger charge is -2.34. The molecular weight excluding hydrogens is 266 g/mol. The van der Waals surface area contributed by atoms with Crippen molar-refractivity contribution in [3.05, 3.63) is 48.3 Å². The fourth-order valence-electron chi connectivity index (χ4n) is 2.38. The topological polar surface area (TPSA) is 82.7 Å². The van der Waals surface area contributed by atoms with E-state index in [4.69, 9.17) is 5.26 Å². The van der Waals surface area contributed by atoms with E-state index < -0.39 is 0 Å². The van der Waals surface area contributed by atoms with E-state index in [0.717, 1.165) is 18.5 Å². The molecule has 0 aliphatic heterocycles. The second kappa shape index (κ2) is 5.67. The molecule has 1 fully saturated rings. The number of nitrogens with zero attached hydrogens (tertiary/aromatic N) is 3. The SMILES string of the molecule is N#CNC1CC(NC(=O)c2cnn(-c3ccccc3)c2)C1.